The molecular formula is C16H20N4O. The second-order valence-corrected chi connectivity index (χ2v) is 5.25. The van der Waals surface area contributed by atoms with E-state index in [-0.39, 0.29) is 6.61 Å². The molecule has 1 aliphatic rings. The topological polar surface area (TPSA) is 52.5 Å². The molecule has 0 atom stereocenters. The first-order valence-corrected chi connectivity index (χ1v) is 7.26. The molecule has 5 heteroatoms. The first kappa shape index (κ1) is 13.8. The van der Waals surface area contributed by atoms with Crippen molar-refractivity contribution >= 4 is 11.6 Å². The van der Waals surface area contributed by atoms with Crippen molar-refractivity contribution in [1.82, 2.24) is 9.97 Å². The molecule has 0 aliphatic carbocycles. The summed E-state index contributed by atoms with van der Waals surface area (Å²) >= 11 is 0. The Morgan fingerprint density at radius 1 is 1.05 bits per heavy atom. The summed E-state index contributed by atoms with van der Waals surface area (Å²) in [4.78, 5) is 13.5. The van der Waals surface area contributed by atoms with E-state index in [0.29, 0.717) is 0 Å². The van der Waals surface area contributed by atoms with Gasteiger partial charge < -0.3 is 14.9 Å². The second-order valence-electron chi connectivity index (χ2n) is 5.25. The maximum Gasteiger partial charge on any atom is 0.225 e. The molecule has 1 fully saturated rings. The lowest BCUT2D eigenvalue weighted by atomic mass is 10.2. The van der Waals surface area contributed by atoms with Crippen LogP contribution in [0.15, 0.2) is 36.5 Å². The van der Waals surface area contributed by atoms with E-state index in [1.165, 1.54) is 5.69 Å². The summed E-state index contributed by atoms with van der Waals surface area (Å²) < 4.78 is 0. The number of aromatic nitrogens is 2. The number of hydrogen-bond donors (Lipinski definition) is 1. The number of rotatable bonds is 3. The van der Waals surface area contributed by atoms with Crippen molar-refractivity contribution in [3.63, 3.8) is 0 Å². The van der Waals surface area contributed by atoms with Gasteiger partial charge in [-0.25, -0.2) is 9.97 Å². The number of anilines is 2. The fourth-order valence-corrected chi connectivity index (χ4v) is 2.59. The molecule has 2 aromatic rings. The van der Waals surface area contributed by atoms with Crippen molar-refractivity contribution in [3.8, 4) is 0 Å². The number of hydrogen-bond acceptors (Lipinski definition) is 5. The van der Waals surface area contributed by atoms with Crippen molar-refractivity contribution in [3.05, 3.63) is 47.8 Å². The summed E-state index contributed by atoms with van der Waals surface area (Å²) in [6, 6.07) is 10.5. The van der Waals surface area contributed by atoms with Crippen molar-refractivity contribution in [1.29, 1.82) is 0 Å². The fourth-order valence-electron chi connectivity index (χ4n) is 2.59. The number of aliphatic hydroxyl groups excluding tert-OH is 1. The predicted molar refractivity (Wildman–Crippen MR) is 83.6 cm³/mol. The zero-order valence-electron chi connectivity index (χ0n) is 12.2. The Kier molecular flexibility index (Phi) is 4.01. The molecule has 0 spiro atoms. The Morgan fingerprint density at radius 3 is 2.33 bits per heavy atom. The van der Waals surface area contributed by atoms with Gasteiger partial charge in [-0.3, -0.25) is 0 Å². The van der Waals surface area contributed by atoms with Gasteiger partial charge in [0.05, 0.1) is 6.61 Å². The van der Waals surface area contributed by atoms with E-state index in [0.717, 1.165) is 43.4 Å². The van der Waals surface area contributed by atoms with E-state index in [9.17, 15) is 5.11 Å². The molecule has 1 saturated heterocycles. The van der Waals surface area contributed by atoms with Gasteiger partial charge in [0.1, 0.15) is 0 Å². The molecule has 110 valence electrons. The molecule has 0 bridgehead atoms. The summed E-state index contributed by atoms with van der Waals surface area (Å²) in [5.74, 6) is 0.761. The lowest BCUT2D eigenvalue weighted by molar-refractivity contribution is 0.280. The molecule has 2 heterocycles. The third-order valence-corrected chi connectivity index (χ3v) is 3.92. The summed E-state index contributed by atoms with van der Waals surface area (Å²) in [5, 5.41) is 9.18. The molecule has 0 radical (unpaired) electrons. The number of aliphatic hydroxyl groups is 1. The number of piperazine rings is 1. The minimum absolute atomic E-state index is 0.00605. The Morgan fingerprint density at radius 2 is 1.71 bits per heavy atom. The summed E-state index contributed by atoms with van der Waals surface area (Å²) in [7, 11) is 0. The number of para-hydroxylation sites is 1. The summed E-state index contributed by atoms with van der Waals surface area (Å²) in [6.45, 7) is 5.66. The average molecular weight is 284 g/mol. The van der Waals surface area contributed by atoms with E-state index in [2.05, 4.69) is 44.0 Å². The zero-order valence-corrected chi connectivity index (χ0v) is 12.2. The van der Waals surface area contributed by atoms with Crippen LogP contribution in [-0.4, -0.2) is 41.3 Å². The van der Waals surface area contributed by atoms with Crippen LogP contribution < -0.4 is 9.80 Å². The molecule has 1 aliphatic heterocycles. The van der Waals surface area contributed by atoms with Crippen molar-refractivity contribution in [2.75, 3.05) is 36.0 Å². The minimum atomic E-state index is -0.00605. The Balaban J connectivity index is 1.67. The normalized spacial score (nSPS) is 15.3. The number of nitrogens with zero attached hydrogens (tertiary/aromatic N) is 4. The Hall–Kier alpha value is -2.14. The Labute approximate surface area is 124 Å². The zero-order chi connectivity index (χ0) is 14.7. The van der Waals surface area contributed by atoms with Crippen LogP contribution in [0.3, 0.4) is 0 Å². The molecule has 1 N–H and O–H groups in total. The first-order valence-electron chi connectivity index (χ1n) is 7.26. The molecular weight excluding hydrogens is 264 g/mol. The Bertz CT molecular complexity index is 594. The van der Waals surface area contributed by atoms with Crippen molar-refractivity contribution in [2.24, 2.45) is 0 Å². The van der Waals surface area contributed by atoms with Gasteiger partial charge in [0.15, 0.2) is 0 Å². The molecule has 3 rings (SSSR count). The lowest BCUT2D eigenvalue weighted by Crippen LogP contribution is -2.47. The van der Waals surface area contributed by atoms with Crippen LogP contribution in [0.1, 0.15) is 11.3 Å². The van der Waals surface area contributed by atoms with Crippen molar-refractivity contribution in [2.45, 2.75) is 13.5 Å². The van der Waals surface area contributed by atoms with Gasteiger partial charge in [0.2, 0.25) is 5.95 Å². The predicted octanol–water partition coefficient (Wildman–Crippen LogP) is 1.60. The monoisotopic (exact) mass is 284 g/mol. The highest BCUT2D eigenvalue weighted by molar-refractivity contribution is 5.48. The van der Waals surface area contributed by atoms with E-state index >= 15 is 0 Å². The van der Waals surface area contributed by atoms with E-state index in [4.69, 9.17) is 0 Å². The minimum Gasteiger partial charge on any atom is -0.392 e. The third-order valence-electron chi connectivity index (χ3n) is 3.92. The van der Waals surface area contributed by atoms with E-state index in [1.807, 2.05) is 13.0 Å². The number of benzene rings is 1. The van der Waals surface area contributed by atoms with Crippen LogP contribution >= 0.6 is 0 Å². The number of aryl methyl sites for hydroxylation is 1. The third kappa shape index (κ3) is 2.97. The van der Waals surface area contributed by atoms with Crippen LogP contribution in [0.2, 0.25) is 0 Å². The van der Waals surface area contributed by atoms with Crippen LogP contribution in [-0.2, 0) is 6.61 Å². The van der Waals surface area contributed by atoms with E-state index in [1.54, 1.807) is 6.20 Å². The van der Waals surface area contributed by atoms with Crippen LogP contribution in [0.5, 0.6) is 0 Å². The second kappa shape index (κ2) is 6.10. The molecule has 0 saturated carbocycles. The highest BCUT2D eigenvalue weighted by atomic mass is 16.3. The van der Waals surface area contributed by atoms with Crippen LogP contribution in [0.4, 0.5) is 11.6 Å². The standard InChI is InChI=1S/C16H20N4O/c1-13-14(12-21)11-17-16(18-13)20-9-7-19(8-10-20)15-5-3-2-4-6-15/h2-6,11,21H,7-10,12H2,1H3. The van der Waals surface area contributed by atoms with Gasteiger partial charge in [-0.2, -0.15) is 0 Å². The smallest absolute Gasteiger partial charge is 0.225 e. The molecule has 5 nitrogen and oxygen atoms in total. The van der Waals surface area contributed by atoms with Gasteiger partial charge >= 0.3 is 0 Å². The first-order chi connectivity index (χ1) is 10.3. The van der Waals surface area contributed by atoms with Crippen LogP contribution in [0, 0.1) is 6.92 Å². The highest BCUT2D eigenvalue weighted by Crippen LogP contribution is 2.18. The van der Waals surface area contributed by atoms with Gasteiger partial charge in [0.25, 0.3) is 0 Å². The summed E-state index contributed by atoms with van der Waals surface area (Å²) in [5.41, 5.74) is 2.92. The van der Waals surface area contributed by atoms with Crippen molar-refractivity contribution < 1.29 is 5.11 Å². The quantitative estimate of drug-likeness (QED) is 0.928. The molecule has 1 aromatic heterocycles. The summed E-state index contributed by atoms with van der Waals surface area (Å²) in [6.07, 6.45) is 1.72. The van der Waals surface area contributed by atoms with E-state index < -0.39 is 0 Å². The molecule has 21 heavy (non-hydrogen) atoms. The molecule has 0 amide bonds. The molecule has 0 unspecified atom stereocenters. The van der Waals surface area contributed by atoms with Gasteiger partial charge in [-0.05, 0) is 19.1 Å². The largest absolute Gasteiger partial charge is 0.392 e. The highest BCUT2D eigenvalue weighted by Gasteiger charge is 2.19. The average Bonchev–Trinajstić information content (AvgIpc) is 2.56. The SMILES string of the molecule is Cc1nc(N2CCN(c3ccccc3)CC2)ncc1CO. The van der Waals surface area contributed by atoms with Gasteiger partial charge in [0, 0.05) is 49.3 Å². The fraction of sp³-hybridized carbons (Fsp3) is 0.375. The van der Waals surface area contributed by atoms with Gasteiger partial charge in [-0.1, -0.05) is 18.2 Å². The lowest BCUT2D eigenvalue weighted by Gasteiger charge is -2.36. The molecule has 1 aromatic carbocycles. The maximum atomic E-state index is 9.18. The van der Waals surface area contributed by atoms with Gasteiger partial charge in [-0.15, -0.1) is 0 Å². The van der Waals surface area contributed by atoms with Crippen LogP contribution in [0.25, 0.3) is 0 Å². The maximum absolute atomic E-state index is 9.18.